The predicted molar refractivity (Wildman–Crippen MR) is 44.1 cm³/mol. The van der Waals surface area contributed by atoms with E-state index < -0.39 is 5.97 Å². The first kappa shape index (κ1) is 8.52. The molecule has 0 aliphatic heterocycles. The second-order valence-corrected chi connectivity index (χ2v) is 2.49. The van der Waals surface area contributed by atoms with E-state index in [0.29, 0.717) is 0 Å². The minimum atomic E-state index is -0.961. The maximum Gasteiger partial charge on any atom is 0.338 e. The van der Waals surface area contributed by atoms with E-state index >= 15 is 0 Å². The number of carboxylic acid groups (broad SMARTS) is 1. The van der Waals surface area contributed by atoms with Crippen LogP contribution in [-0.4, -0.2) is 20.9 Å². The van der Waals surface area contributed by atoms with Gasteiger partial charge in [-0.25, -0.2) is 4.79 Å². The number of carbonyl (C=O) groups is 1. The van der Waals surface area contributed by atoms with Crippen molar-refractivity contribution in [2.24, 2.45) is 0 Å². The normalized spacial score (nSPS) is 12.4. The van der Waals surface area contributed by atoms with Crippen LogP contribution in [0.4, 0.5) is 0 Å². The van der Waals surface area contributed by atoms with Crippen LogP contribution in [0.5, 0.6) is 0 Å². The molecule has 0 bridgehead atoms. The van der Waals surface area contributed by atoms with Crippen LogP contribution in [0.25, 0.3) is 0 Å². The molecule has 1 aromatic heterocycles. The van der Waals surface area contributed by atoms with Crippen molar-refractivity contribution >= 4 is 5.97 Å². The van der Waals surface area contributed by atoms with Crippen LogP contribution in [0, 0.1) is 0 Å². The van der Waals surface area contributed by atoms with Gasteiger partial charge < -0.3 is 5.11 Å². The standard InChI is InChI=1S/C8H10N2O2/c1-3-6(2)10-5-7(4-9-10)8(11)12/h3-6H,1H2,2H3,(H,11,12). The third kappa shape index (κ3) is 1.53. The Hall–Kier alpha value is -1.58. The van der Waals surface area contributed by atoms with Crippen LogP contribution in [0.2, 0.25) is 0 Å². The molecule has 0 radical (unpaired) electrons. The SMILES string of the molecule is C=CC(C)n1cc(C(=O)O)cn1. The van der Waals surface area contributed by atoms with Crippen molar-refractivity contribution < 1.29 is 9.90 Å². The van der Waals surface area contributed by atoms with Crippen LogP contribution >= 0.6 is 0 Å². The Kier molecular flexibility index (Phi) is 2.28. The molecule has 4 nitrogen and oxygen atoms in total. The fourth-order valence-corrected chi connectivity index (χ4v) is 0.779. The van der Waals surface area contributed by atoms with Crippen LogP contribution in [0.3, 0.4) is 0 Å². The number of nitrogens with zero attached hydrogens (tertiary/aromatic N) is 2. The number of hydrogen-bond donors (Lipinski definition) is 1. The second kappa shape index (κ2) is 3.21. The zero-order valence-electron chi connectivity index (χ0n) is 6.77. The molecule has 1 unspecified atom stereocenters. The zero-order chi connectivity index (χ0) is 9.14. The van der Waals surface area contributed by atoms with E-state index in [1.807, 2.05) is 6.92 Å². The van der Waals surface area contributed by atoms with E-state index in [4.69, 9.17) is 5.11 Å². The van der Waals surface area contributed by atoms with E-state index in [9.17, 15) is 4.79 Å². The lowest BCUT2D eigenvalue weighted by atomic mass is 10.3. The molecule has 0 fully saturated rings. The first-order valence-electron chi connectivity index (χ1n) is 3.55. The van der Waals surface area contributed by atoms with Gasteiger partial charge in [-0.15, -0.1) is 6.58 Å². The summed E-state index contributed by atoms with van der Waals surface area (Å²) in [6.07, 6.45) is 4.50. The summed E-state index contributed by atoms with van der Waals surface area (Å²) in [5.74, 6) is -0.961. The molecule has 0 amide bonds. The predicted octanol–water partition coefficient (Wildman–Crippen LogP) is 1.33. The van der Waals surface area contributed by atoms with Crippen LogP contribution in [0.1, 0.15) is 23.3 Å². The van der Waals surface area contributed by atoms with Gasteiger partial charge in [0.25, 0.3) is 0 Å². The van der Waals surface area contributed by atoms with E-state index in [1.165, 1.54) is 12.4 Å². The summed E-state index contributed by atoms with van der Waals surface area (Å²) in [6, 6.07) is 0.0260. The average molecular weight is 166 g/mol. The molecule has 0 spiro atoms. The molecule has 1 N–H and O–H groups in total. The van der Waals surface area contributed by atoms with Gasteiger partial charge in [0.05, 0.1) is 17.8 Å². The van der Waals surface area contributed by atoms with Gasteiger partial charge in [0.15, 0.2) is 0 Å². The highest BCUT2D eigenvalue weighted by Crippen LogP contribution is 2.06. The fraction of sp³-hybridized carbons (Fsp3) is 0.250. The summed E-state index contributed by atoms with van der Waals surface area (Å²) >= 11 is 0. The van der Waals surface area contributed by atoms with E-state index in [1.54, 1.807) is 10.8 Å². The number of hydrogen-bond acceptors (Lipinski definition) is 2. The van der Waals surface area contributed by atoms with Gasteiger partial charge in [0, 0.05) is 6.20 Å². The molecule has 0 aliphatic carbocycles. The van der Waals surface area contributed by atoms with Gasteiger partial charge in [-0.2, -0.15) is 5.10 Å². The average Bonchev–Trinajstić information content (AvgIpc) is 2.51. The molecule has 1 atom stereocenters. The van der Waals surface area contributed by atoms with Crippen molar-refractivity contribution in [3.05, 3.63) is 30.6 Å². The van der Waals surface area contributed by atoms with Crippen LogP contribution in [0.15, 0.2) is 25.0 Å². The van der Waals surface area contributed by atoms with Gasteiger partial charge in [-0.1, -0.05) is 6.08 Å². The molecule has 0 saturated carbocycles. The zero-order valence-corrected chi connectivity index (χ0v) is 6.77. The molecule has 0 aromatic carbocycles. The Labute approximate surface area is 70.1 Å². The largest absolute Gasteiger partial charge is 0.478 e. The highest BCUT2D eigenvalue weighted by Gasteiger charge is 2.07. The highest BCUT2D eigenvalue weighted by atomic mass is 16.4. The third-order valence-corrected chi connectivity index (χ3v) is 1.61. The number of aromatic carboxylic acids is 1. The Morgan fingerprint density at radius 3 is 3.00 bits per heavy atom. The van der Waals surface area contributed by atoms with Crippen molar-refractivity contribution in [3.8, 4) is 0 Å². The summed E-state index contributed by atoms with van der Waals surface area (Å²) in [5, 5.41) is 12.4. The highest BCUT2D eigenvalue weighted by molar-refractivity contribution is 5.86. The lowest BCUT2D eigenvalue weighted by molar-refractivity contribution is 0.0697. The van der Waals surface area contributed by atoms with Gasteiger partial charge >= 0.3 is 5.97 Å². The Morgan fingerprint density at radius 2 is 2.58 bits per heavy atom. The van der Waals surface area contributed by atoms with Crippen LogP contribution in [-0.2, 0) is 0 Å². The third-order valence-electron chi connectivity index (χ3n) is 1.61. The summed E-state index contributed by atoms with van der Waals surface area (Å²) in [5.41, 5.74) is 0.198. The first-order chi connectivity index (χ1) is 5.65. The molecule has 12 heavy (non-hydrogen) atoms. The molecule has 1 aromatic rings. The van der Waals surface area contributed by atoms with Crippen molar-refractivity contribution in [3.63, 3.8) is 0 Å². The molecule has 1 heterocycles. The van der Waals surface area contributed by atoms with Gasteiger partial charge in [0.2, 0.25) is 0 Å². The number of allylic oxidation sites excluding steroid dienone is 1. The maximum absolute atomic E-state index is 10.4. The van der Waals surface area contributed by atoms with Crippen molar-refractivity contribution in [1.82, 2.24) is 9.78 Å². The van der Waals surface area contributed by atoms with Crippen molar-refractivity contribution in [1.29, 1.82) is 0 Å². The first-order valence-corrected chi connectivity index (χ1v) is 3.55. The van der Waals surface area contributed by atoms with Crippen molar-refractivity contribution in [2.75, 3.05) is 0 Å². The van der Waals surface area contributed by atoms with E-state index in [-0.39, 0.29) is 11.6 Å². The minimum Gasteiger partial charge on any atom is -0.478 e. The Bertz CT molecular complexity index is 304. The molecular formula is C8H10N2O2. The van der Waals surface area contributed by atoms with E-state index in [2.05, 4.69) is 11.7 Å². The van der Waals surface area contributed by atoms with Crippen LogP contribution < -0.4 is 0 Å². The monoisotopic (exact) mass is 166 g/mol. The molecule has 4 heteroatoms. The van der Waals surface area contributed by atoms with Gasteiger partial charge in [-0.3, -0.25) is 4.68 Å². The van der Waals surface area contributed by atoms with Crippen molar-refractivity contribution in [2.45, 2.75) is 13.0 Å². The Balaban J connectivity index is 2.91. The topological polar surface area (TPSA) is 55.1 Å². The van der Waals surface area contributed by atoms with E-state index in [0.717, 1.165) is 0 Å². The Morgan fingerprint density at radius 1 is 1.92 bits per heavy atom. The molecule has 0 aliphatic rings. The maximum atomic E-state index is 10.4. The molecular weight excluding hydrogens is 156 g/mol. The second-order valence-electron chi connectivity index (χ2n) is 2.49. The quantitative estimate of drug-likeness (QED) is 0.689. The molecule has 0 saturated heterocycles. The summed E-state index contributed by atoms with van der Waals surface area (Å²) in [6.45, 7) is 5.46. The van der Waals surface area contributed by atoms with Gasteiger partial charge in [-0.05, 0) is 6.92 Å². The lowest BCUT2D eigenvalue weighted by Gasteiger charge is -2.03. The minimum absolute atomic E-state index is 0.0260. The number of aromatic nitrogens is 2. The molecule has 64 valence electrons. The molecule has 1 rings (SSSR count). The van der Waals surface area contributed by atoms with Gasteiger partial charge in [0.1, 0.15) is 0 Å². The number of rotatable bonds is 3. The lowest BCUT2D eigenvalue weighted by Crippen LogP contribution is -2.02. The smallest absolute Gasteiger partial charge is 0.338 e. The number of carboxylic acids is 1. The summed E-state index contributed by atoms with van der Waals surface area (Å²) in [4.78, 5) is 10.4. The summed E-state index contributed by atoms with van der Waals surface area (Å²) < 4.78 is 1.55. The summed E-state index contributed by atoms with van der Waals surface area (Å²) in [7, 11) is 0. The fourth-order valence-electron chi connectivity index (χ4n) is 0.779.